The van der Waals surface area contributed by atoms with Crippen LogP contribution in [0.5, 0.6) is 0 Å². The molecule has 2 rings (SSSR count). The first kappa shape index (κ1) is 18.2. The van der Waals surface area contributed by atoms with Gasteiger partial charge in [0.25, 0.3) is 0 Å². The van der Waals surface area contributed by atoms with Crippen molar-refractivity contribution in [1.82, 2.24) is 10.2 Å². The minimum absolute atomic E-state index is 0.0138. The molecule has 1 saturated heterocycles. The maximum atomic E-state index is 12.6. The number of amides is 2. The number of carbonyl (C=O) groups excluding carboxylic acids is 2. The number of rotatable bonds is 5. The zero-order valence-corrected chi connectivity index (χ0v) is 14.9. The quantitative estimate of drug-likeness (QED) is 0.791. The van der Waals surface area contributed by atoms with E-state index in [1.165, 1.54) is 6.42 Å². The van der Waals surface area contributed by atoms with Gasteiger partial charge in [-0.3, -0.25) is 9.59 Å². The number of nitrogens with two attached hydrogens (primary N) is 1. The van der Waals surface area contributed by atoms with E-state index in [0.29, 0.717) is 13.0 Å². The van der Waals surface area contributed by atoms with E-state index in [1.54, 1.807) is 6.92 Å². The third kappa shape index (κ3) is 3.24. The number of ether oxygens (including phenoxy) is 1. The highest BCUT2D eigenvalue weighted by atomic mass is 16.5. The van der Waals surface area contributed by atoms with Crippen LogP contribution in [0.4, 0.5) is 0 Å². The fourth-order valence-corrected chi connectivity index (χ4v) is 3.60. The van der Waals surface area contributed by atoms with E-state index in [9.17, 15) is 9.59 Å². The molecule has 132 valence electrons. The van der Waals surface area contributed by atoms with Gasteiger partial charge in [-0.25, -0.2) is 0 Å². The topological polar surface area (TPSA) is 84.7 Å². The van der Waals surface area contributed by atoms with Crippen LogP contribution in [-0.2, 0) is 14.3 Å². The van der Waals surface area contributed by atoms with Crippen LogP contribution in [0.25, 0.3) is 0 Å². The molecule has 0 aromatic carbocycles. The molecule has 3 atom stereocenters. The van der Waals surface area contributed by atoms with E-state index in [4.69, 9.17) is 10.5 Å². The first-order valence-corrected chi connectivity index (χ1v) is 8.74. The van der Waals surface area contributed by atoms with Crippen LogP contribution >= 0.6 is 0 Å². The number of carbonyl (C=O) groups is 2. The summed E-state index contributed by atoms with van der Waals surface area (Å²) >= 11 is 0. The first-order chi connectivity index (χ1) is 10.7. The summed E-state index contributed by atoms with van der Waals surface area (Å²) in [6, 6.07) is -0.539. The lowest BCUT2D eigenvalue weighted by Crippen LogP contribution is -2.76. The molecule has 2 amide bonds. The second-order valence-electron chi connectivity index (χ2n) is 7.42. The van der Waals surface area contributed by atoms with Gasteiger partial charge in [0.1, 0.15) is 11.6 Å². The Morgan fingerprint density at radius 2 is 1.91 bits per heavy atom. The van der Waals surface area contributed by atoms with Gasteiger partial charge in [0.05, 0.1) is 6.10 Å². The van der Waals surface area contributed by atoms with Crippen LogP contribution in [0, 0.1) is 5.41 Å². The van der Waals surface area contributed by atoms with Crippen LogP contribution in [0.15, 0.2) is 0 Å². The van der Waals surface area contributed by atoms with Crippen molar-refractivity contribution in [2.45, 2.75) is 71.1 Å². The first-order valence-electron chi connectivity index (χ1n) is 8.74. The Kier molecular flexibility index (Phi) is 5.36. The number of hydrogen-bond acceptors (Lipinski definition) is 4. The molecule has 1 aliphatic carbocycles. The normalized spacial score (nSPS) is 31.2. The second kappa shape index (κ2) is 6.77. The van der Waals surface area contributed by atoms with Crippen molar-refractivity contribution in [2.75, 3.05) is 19.7 Å². The van der Waals surface area contributed by atoms with Crippen LogP contribution in [0.2, 0.25) is 0 Å². The molecule has 0 bridgehead atoms. The number of piperidine rings is 1. The predicted molar refractivity (Wildman–Crippen MR) is 88.8 cm³/mol. The molecule has 2 aliphatic rings. The summed E-state index contributed by atoms with van der Waals surface area (Å²) < 4.78 is 5.65. The molecule has 23 heavy (non-hydrogen) atoms. The molecule has 0 spiro atoms. The number of hydrogen-bond donors (Lipinski definition) is 2. The van der Waals surface area contributed by atoms with Gasteiger partial charge >= 0.3 is 0 Å². The maximum Gasteiger partial charge on any atom is 0.244 e. The second-order valence-corrected chi connectivity index (χ2v) is 7.42. The van der Waals surface area contributed by atoms with Crippen molar-refractivity contribution < 1.29 is 14.3 Å². The Morgan fingerprint density at radius 1 is 1.30 bits per heavy atom. The zero-order valence-electron chi connectivity index (χ0n) is 14.9. The molecule has 0 aromatic rings. The van der Waals surface area contributed by atoms with Crippen molar-refractivity contribution in [3.05, 3.63) is 0 Å². The lowest BCUT2D eigenvalue weighted by Gasteiger charge is -2.57. The summed E-state index contributed by atoms with van der Waals surface area (Å²) in [4.78, 5) is 26.9. The van der Waals surface area contributed by atoms with Crippen molar-refractivity contribution in [2.24, 2.45) is 11.1 Å². The highest BCUT2D eigenvalue weighted by molar-refractivity contribution is 5.93. The van der Waals surface area contributed by atoms with E-state index >= 15 is 0 Å². The smallest absolute Gasteiger partial charge is 0.244 e. The Labute approximate surface area is 139 Å². The Hall–Kier alpha value is -1.14. The number of likely N-dealkylation sites (tertiary alicyclic amines) is 1. The summed E-state index contributed by atoms with van der Waals surface area (Å²) in [5, 5.41) is 2.83. The summed E-state index contributed by atoms with van der Waals surface area (Å²) in [6.07, 6.45) is 3.72. The SMILES string of the molecule is CCOC1CC(N)(C(=O)NC(C)C(=O)N2CCCCC2)C1(C)C. The molecule has 1 saturated carbocycles. The standard InChI is InChI=1S/C17H31N3O3/c1-5-23-13-11-17(18,16(13,3)4)15(22)19-12(2)14(21)20-9-7-6-8-10-20/h12-13H,5-11,18H2,1-4H3,(H,19,22). The van der Waals surface area contributed by atoms with Gasteiger partial charge in [0.2, 0.25) is 11.8 Å². The van der Waals surface area contributed by atoms with Crippen LogP contribution in [0.3, 0.4) is 0 Å². The van der Waals surface area contributed by atoms with Crippen molar-refractivity contribution in [1.29, 1.82) is 0 Å². The average molecular weight is 325 g/mol. The highest BCUT2D eigenvalue weighted by Crippen LogP contribution is 2.49. The van der Waals surface area contributed by atoms with Crippen LogP contribution < -0.4 is 11.1 Å². The van der Waals surface area contributed by atoms with Gasteiger partial charge in [0, 0.05) is 31.5 Å². The van der Waals surface area contributed by atoms with Gasteiger partial charge in [-0.15, -0.1) is 0 Å². The Balaban J connectivity index is 1.94. The highest BCUT2D eigenvalue weighted by Gasteiger charge is 2.63. The lowest BCUT2D eigenvalue weighted by atomic mass is 9.54. The van der Waals surface area contributed by atoms with Crippen molar-refractivity contribution in [3.63, 3.8) is 0 Å². The van der Waals surface area contributed by atoms with Gasteiger partial charge < -0.3 is 20.7 Å². The van der Waals surface area contributed by atoms with Crippen LogP contribution in [-0.4, -0.2) is 54.1 Å². The summed E-state index contributed by atoms with van der Waals surface area (Å²) in [5.74, 6) is -0.267. The fourth-order valence-electron chi connectivity index (χ4n) is 3.60. The van der Waals surface area contributed by atoms with Gasteiger partial charge in [-0.2, -0.15) is 0 Å². The molecule has 0 radical (unpaired) electrons. The summed E-state index contributed by atoms with van der Waals surface area (Å²) in [7, 11) is 0. The van der Waals surface area contributed by atoms with Gasteiger partial charge in [0.15, 0.2) is 0 Å². The molecule has 2 fully saturated rings. The Morgan fingerprint density at radius 3 is 2.43 bits per heavy atom. The monoisotopic (exact) mass is 325 g/mol. The van der Waals surface area contributed by atoms with E-state index in [2.05, 4.69) is 5.32 Å². The van der Waals surface area contributed by atoms with E-state index in [1.807, 2.05) is 25.7 Å². The van der Waals surface area contributed by atoms with Crippen molar-refractivity contribution >= 4 is 11.8 Å². The van der Waals surface area contributed by atoms with Crippen molar-refractivity contribution in [3.8, 4) is 0 Å². The average Bonchev–Trinajstić information content (AvgIpc) is 2.54. The summed E-state index contributed by atoms with van der Waals surface area (Å²) in [5.41, 5.74) is 4.93. The minimum atomic E-state index is -0.983. The van der Waals surface area contributed by atoms with Gasteiger partial charge in [-0.1, -0.05) is 13.8 Å². The van der Waals surface area contributed by atoms with E-state index in [-0.39, 0.29) is 17.9 Å². The van der Waals surface area contributed by atoms with E-state index < -0.39 is 17.0 Å². The predicted octanol–water partition coefficient (Wildman–Crippen LogP) is 1.04. The molecule has 1 heterocycles. The summed E-state index contributed by atoms with van der Waals surface area (Å²) in [6.45, 7) is 9.75. The Bertz CT molecular complexity index is 460. The molecule has 6 nitrogen and oxygen atoms in total. The maximum absolute atomic E-state index is 12.6. The largest absolute Gasteiger partial charge is 0.378 e. The van der Waals surface area contributed by atoms with Crippen LogP contribution in [0.1, 0.15) is 53.4 Å². The molecule has 0 aromatic heterocycles. The lowest BCUT2D eigenvalue weighted by molar-refractivity contribution is -0.171. The molecule has 3 unspecified atom stereocenters. The molecular formula is C17H31N3O3. The third-order valence-electron chi connectivity index (χ3n) is 5.62. The van der Waals surface area contributed by atoms with Gasteiger partial charge in [-0.05, 0) is 33.1 Å². The zero-order chi connectivity index (χ0) is 17.3. The van der Waals surface area contributed by atoms with E-state index in [0.717, 1.165) is 25.9 Å². The number of nitrogens with one attached hydrogen (secondary N) is 1. The molecule has 1 aliphatic heterocycles. The molecular weight excluding hydrogens is 294 g/mol. The minimum Gasteiger partial charge on any atom is -0.378 e. The third-order valence-corrected chi connectivity index (χ3v) is 5.62. The number of nitrogens with zero attached hydrogens (tertiary/aromatic N) is 1. The molecule has 3 N–H and O–H groups in total. The molecule has 6 heteroatoms. The fraction of sp³-hybridized carbons (Fsp3) is 0.882.